The van der Waals surface area contributed by atoms with E-state index in [2.05, 4.69) is 42.3 Å². The zero-order valence-corrected chi connectivity index (χ0v) is 13.8. The van der Waals surface area contributed by atoms with Gasteiger partial charge in [-0.2, -0.15) is 0 Å². The van der Waals surface area contributed by atoms with Gasteiger partial charge in [0.1, 0.15) is 0 Å². The Labute approximate surface area is 129 Å². The van der Waals surface area contributed by atoms with Gasteiger partial charge in [-0.15, -0.1) is 0 Å². The summed E-state index contributed by atoms with van der Waals surface area (Å²) in [5.74, 6) is 0. The third-order valence-corrected chi connectivity index (χ3v) is 5.63. The van der Waals surface area contributed by atoms with Crippen molar-refractivity contribution in [1.82, 2.24) is 5.32 Å². The van der Waals surface area contributed by atoms with Gasteiger partial charge in [0.25, 0.3) is 0 Å². The number of rotatable bonds is 4. The highest BCUT2D eigenvalue weighted by Gasteiger charge is 2.37. The quantitative estimate of drug-likeness (QED) is 0.889. The molecule has 0 radical (unpaired) electrons. The predicted octanol–water partition coefficient (Wildman–Crippen LogP) is 4.27. The molecular weight excluding hydrogens is 256 g/mol. The first-order valence-corrected chi connectivity index (χ1v) is 8.78. The Morgan fingerprint density at radius 1 is 1.10 bits per heavy atom. The van der Waals surface area contributed by atoms with E-state index in [0.717, 1.165) is 13.1 Å². The first-order chi connectivity index (χ1) is 10.2. The number of benzene rings is 1. The molecule has 1 aromatic rings. The van der Waals surface area contributed by atoms with Crippen molar-refractivity contribution in [1.29, 1.82) is 0 Å². The number of nitrogens with one attached hydrogen (secondary N) is 1. The second kappa shape index (κ2) is 6.39. The molecule has 21 heavy (non-hydrogen) atoms. The van der Waals surface area contributed by atoms with Crippen LogP contribution < -0.4 is 10.2 Å². The maximum absolute atomic E-state index is 3.49. The maximum atomic E-state index is 3.49. The van der Waals surface area contributed by atoms with Crippen molar-refractivity contribution >= 4 is 5.69 Å². The summed E-state index contributed by atoms with van der Waals surface area (Å²) in [6.07, 6.45) is 8.72. The summed E-state index contributed by atoms with van der Waals surface area (Å²) in [5.41, 5.74) is 5.02. The fraction of sp³-hybridized carbons (Fsp3) is 0.684. The number of hydrogen-bond donors (Lipinski definition) is 1. The molecule has 2 fully saturated rings. The summed E-state index contributed by atoms with van der Waals surface area (Å²) >= 11 is 0. The van der Waals surface area contributed by atoms with E-state index in [1.165, 1.54) is 68.4 Å². The molecule has 0 aromatic heterocycles. The number of nitrogens with zero attached hydrogens (tertiary/aromatic N) is 1. The summed E-state index contributed by atoms with van der Waals surface area (Å²) in [4.78, 5) is 2.63. The molecule has 2 nitrogen and oxygen atoms in total. The third kappa shape index (κ3) is 3.26. The molecule has 1 aliphatic carbocycles. The molecule has 0 unspecified atom stereocenters. The van der Waals surface area contributed by atoms with Crippen LogP contribution >= 0.6 is 0 Å². The van der Waals surface area contributed by atoms with Crippen LogP contribution in [0.1, 0.15) is 56.6 Å². The van der Waals surface area contributed by atoms with E-state index in [0.29, 0.717) is 5.41 Å². The summed E-state index contributed by atoms with van der Waals surface area (Å²) in [7, 11) is 0. The molecule has 116 valence electrons. The van der Waals surface area contributed by atoms with Crippen molar-refractivity contribution in [3.63, 3.8) is 0 Å². The summed E-state index contributed by atoms with van der Waals surface area (Å²) < 4.78 is 0. The summed E-state index contributed by atoms with van der Waals surface area (Å²) in [6.45, 7) is 8.92. The molecule has 1 heterocycles. The second-order valence-electron chi connectivity index (χ2n) is 7.11. The van der Waals surface area contributed by atoms with Gasteiger partial charge in [-0.1, -0.05) is 37.5 Å². The van der Waals surface area contributed by atoms with E-state index < -0.39 is 0 Å². The SMILES string of the molecule is CCNCc1cc(C)ccc1N1CCC2(CCCC2)CC1. The molecule has 1 aromatic carbocycles. The van der Waals surface area contributed by atoms with E-state index in [9.17, 15) is 0 Å². The highest BCUT2D eigenvalue weighted by atomic mass is 15.1. The lowest BCUT2D eigenvalue weighted by Crippen LogP contribution is -2.39. The third-order valence-electron chi connectivity index (χ3n) is 5.63. The van der Waals surface area contributed by atoms with Crippen LogP contribution in [0.25, 0.3) is 0 Å². The van der Waals surface area contributed by atoms with E-state index in [4.69, 9.17) is 0 Å². The highest BCUT2D eigenvalue weighted by Crippen LogP contribution is 2.46. The second-order valence-corrected chi connectivity index (χ2v) is 7.11. The van der Waals surface area contributed by atoms with Crippen LogP contribution in [0.15, 0.2) is 18.2 Å². The summed E-state index contributed by atoms with van der Waals surface area (Å²) in [6, 6.07) is 6.97. The van der Waals surface area contributed by atoms with Crippen LogP contribution in [0.3, 0.4) is 0 Å². The van der Waals surface area contributed by atoms with Crippen molar-refractivity contribution in [3.05, 3.63) is 29.3 Å². The Kier molecular flexibility index (Phi) is 4.54. The smallest absolute Gasteiger partial charge is 0.0412 e. The molecule has 1 N–H and O–H groups in total. The van der Waals surface area contributed by atoms with Gasteiger partial charge in [0.2, 0.25) is 0 Å². The van der Waals surface area contributed by atoms with Gasteiger partial charge in [0.05, 0.1) is 0 Å². The molecule has 0 bridgehead atoms. The van der Waals surface area contributed by atoms with Gasteiger partial charge in [0, 0.05) is 25.3 Å². The standard InChI is InChI=1S/C19H30N2/c1-3-20-15-17-14-16(2)6-7-18(17)21-12-10-19(11-13-21)8-4-5-9-19/h6-7,14,20H,3-5,8-13,15H2,1-2H3. The van der Waals surface area contributed by atoms with Gasteiger partial charge in [-0.3, -0.25) is 0 Å². The van der Waals surface area contributed by atoms with Crippen LogP contribution in [0.2, 0.25) is 0 Å². The number of anilines is 1. The first kappa shape index (κ1) is 14.9. The Balaban J connectivity index is 1.72. The fourth-order valence-corrected chi connectivity index (χ4v) is 4.27. The lowest BCUT2D eigenvalue weighted by Gasteiger charge is -2.41. The predicted molar refractivity (Wildman–Crippen MR) is 90.9 cm³/mol. The normalized spacial score (nSPS) is 21.1. The number of aryl methyl sites for hydroxylation is 1. The molecule has 2 aliphatic rings. The zero-order chi connectivity index (χ0) is 14.7. The Morgan fingerprint density at radius 2 is 1.81 bits per heavy atom. The van der Waals surface area contributed by atoms with Crippen LogP contribution in [-0.4, -0.2) is 19.6 Å². The van der Waals surface area contributed by atoms with E-state index in [-0.39, 0.29) is 0 Å². The Hall–Kier alpha value is -1.02. The monoisotopic (exact) mass is 286 g/mol. The number of piperidine rings is 1. The lowest BCUT2D eigenvalue weighted by molar-refractivity contribution is 0.226. The Morgan fingerprint density at radius 3 is 2.48 bits per heavy atom. The summed E-state index contributed by atoms with van der Waals surface area (Å²) in [5, 5.41) is 3.49. The topological polar surface area (TPSA) is 15.3 Å². The van der Waals surface area contributed by atoms with Crippen molar-refractivity contribution < 1.29 is 0 Å². The minimum Gasteiger partial charge on any atom is -0.371 e. The lowest BCUT2D eigenvalue weighted by atomic mass is 9.77. The van der Waals surface area contributed by atoms with Gasteiger partial charge in [-0.25, -0.2) is 0 Å². The van der Waals surface area contributed by atoms with E-state index in [1.807, 2.05) is 0 Å². The molecule has 1 saturated carbocycles. The van der Waals surface area contributed by atoms with Gasteiger partial charge < -0.3 is 10.2 Å². The van der Waals surface area contributed by atoms with Crippen LogP contribution in [0, 0.1) is 12.3 Å². The molecule has 2 heteroatoms. The van der Waals surface area contributed by atoms with Crippen LogP contribution in [0.5, 0.6) is 0 Å². The van der Waals surface area contributed by atoms with Gasteiger partial charge in [0.15, 0.2) is 0 Å². The van der Waals surface area contributed by atoms with Gasteiger partial charge in [-0.05, 0) is 56.2 Å². The molecule has 0 atom stereocenters. The van der Waals surface area contributed by atoms with Crippen LogP contribution in [-0.2, 0) is 6.54 Å². The average Bonchev–Trinajstić information content (AvgIpc) is 2.95. The first-order valence-electron chi connectivity index (χ1n) is 8.78. The van der Waals surface area contributed by atoms with Crippen molar-refractivity contribution in [3.8, 4) is 0 Å². The molecule has 1 spiro atoms. The average molecular weight is 286 g/mol. The maximum Gasteiger partial charge on any atom is 0.0412 e. The highest BCUT2D eigenvalue weighted by molar-refractivity contribution is 5.55. The Bertz CT molecular complexity index is 464. The van der Waals surface area contributed by atoms with Gasteiger partial charge >= 0.3 is 0 Å². The number of hydrogen-bond acceptors (Lipinski definition) is 2. The molecule has 1 saturated heterocycles. The minimum atomic E-state index is 0.711. The fourth-order valence-electron chi connectivity index (χ4n) is 4.27. The molecule has 0 amide bonds. The molecular formula is C19H30N2. The van der Waals surface area contributed by atoms with Crippen LogP contribution in [0.4, 0.5) is 5.69 Å². The van der Waals surface area contributed by atoms with Crippen molar-refractivity contribution in [2.24, 2.45) is 5.41 Å². The van der Waals surface area contributed by atoms with Crippen molar-refractivity contribution in [2.45, 2.75) is 58.9 Å². The molecule has 1 aliphatic heterocycles. The van der Waals surface area contributed by atoms with Crippen molar-refractivity contribution in [2.75, 3.05) is 24.5 Å². The minimum absolute atomic E-state index is 0.711. The van der Waals surface area contributed by atoms with E-state index in [1.54, 1.807) is 0 Å². The molecule has 3 rings (SSSR count). The van der Waals surface area contributed by atoms with E-state index >= 15 is 0 Å². The largest absolute Gasteiger partial charge is 0.371 e. The zero-order valence-electron chi connectivity index (χ0n) is 13.8.